The van der Waals surface area contributed by atoms with Gasteiger partial charge in [0.1, 0.15) is 11.5 Å². The first kappa shape index (κ1) is 14.0. The first-order valence-electron chi connectivity index (χ1n) is 6.91. The van der Waals surface area contributed by atoms with Crippen LogP contribution in [0.3, 0.4) is 0 Å². The van der Waals surface area contributed by atoms with Crippen LogP contribution in [0.4, 0.5) is 0 Å². The van der Waals surface area contributed by atoms with Crippen LogP contribution in [-0.2, 0) is 0 Å². The van der Waals surface area contributed by atoms with E-state index < -0.39 is 0 Å². The molecule has 0 aromatic carbocycles. The van der Waals surface area contributed by atoms with Crippen LogP contribution in [0, 0.1) is 32.6 Å². The van der Waals surface area contributed by atoms with Gasteiger partial charge in [0, 0.05) is 36.0 Å². The Kier molecular flexibility index (Phi) is 3.67. The third kappa shape index (κ3) is 3.01. The van der Waals surface area contributed by atoms with E-state index in [0.29, 0.717) is 11.6 Å². The average Bonchev–Trinajstić information content (AvgIpc) is 2.87. The van der Waals surface area contributed by atoms with Crippen molar-refractivity contribution in [2.24, 2.45) is 0 Å². The number of rotatable bonds is 1. The van der Waals surface area contributed by atoms with Crippen molar-refractivity contribution >= 4 is 0 Å². The number of aryl methyl sites for hydroxylation is 3. The highest BCUT2D eigenvalue weighted by molar-refractivity contribution is 5.40. The molecule has 3 aromatic heterocycles. The largest absolute Gasteiger partial charge is 0.271 e. The molecule has 0 aliphatic heterocycles. The van der Waals surface area contributed by atoms with Crippen LogP contribution < -0.4 is 0 Å². The Balaban J connectivity index is 1.91. The summed E-state index contributed by atoms with van der Waals surface area (Å²) in [6, 6.07) is 3.83. The van der Waals surface area contributed by atoms with Crippen molar-refractivity contribution in [3.63, 3.8) is 0 Å². The van der Waals surface area contributed by atoms with Crippen LogP contribution in [-0.4, -0.2) is 24.5 Å². The molecule has 0 bridgehead atoms. The Bertz CT molecular complexity index is 866. The van der Waals surface area contributed by atoms with Crippen molar-refractivity contribution in [2.75, 3.05) is 0 Å². The molecule has 0 N–H and O–H groups in total. The topological polar surface area (TPSA) is 56.5 Å². The molecule has 0 atom stereocenters. The van der Waals surface area contributed by atoms with Gasteiger partial charge < -0.3 is 0 Å². The molecule has 22 heavy (non-hydrogen) atoms. The summed E-state index contributed by atoms with van der Waals surface area (Å²) in [7, 11) is 0. The molecule has 3 heterocycles. The molecule has 3 aromatic rings. The van der Waals surface area contributed by atoms with Gasteiger partial charge in [0.05, 0.1) is 0 Å². The van der Waals surface area contributed by atoms with Gasteiger partial charge in [0.25, 0.3) is 0 Å². The van der Waals surface area contributed by atoms with Gasteiger partial charge in [-0.15, -0.1) is 0 Å². The summed E-state index contributed by atoms with van der Waals surface area (Å²) < 4.78 is 1.83. The predicted octanol–water partition coefficient (Wildman–Crippen LogP) is 2.38. The number of imidazole rings is 1. The molecule has 0 aliphatic carbocycles. The number of aromatic nitrogens is 5. The van der Waals surface area contributed by atoms with Crippen molar-refractivity contribution < 1.29 is 0 Å². The van der Waals surface area contributed by atoms with E-state index in [1.807, 2.05) is 43.7 Å². The fourth-order valence-corrected chi connectivity index (χ4v) is 2.01. The van der Waals surface area contributed by atoms with Gasteiger partial charge in [-0.3, -0.25) is 9.55 Å². The highest BCUT2D eigenvalue weighted by Crippen LogP contribution is 2.08. The van der Waals surface area contributed by atoms with Gasteiger partial charge >= 0.3 is 0 Å². The molecule has 0 spiro atoms. The van der Waals surface area contributed by atoms with Gasteiger partial charge in [-0.25, -0.2) is 15.0 Å². The Morgan fingerprint density at radius 2 is 1.77 bits per heavy atom. The number of hydrogen-bond donors (Lipinski definition) is 0. The van der Waals surface area contributed by atoms with E-state index in [9.17, 15) is 0 Å². The second-order valence-corrected chi connectivity index (χ2v) is 5.04. The lowest BCUT2D eigenvalue weighted by Crippen LogP contribution is -2.01. The molecule has 5 heteroatoms. The third-order valence-electron chi connectivity index (χ3n) is 3.10. The van der Waals surface area contributed by atoms with E-state index >= 15 is 0 Å². The molecule has 0 saturated carbocycles. The summed E-state index contributed by atoms with van der Waals surface area (Å²) in [5.41, 5.74) is 3.58. The van der Waals surface area contributed by atoms with Crippen LogP contribution in [0.1, 0.15) is 28.3 Å². The second-order valence-electron chi connectivity index (χ2n) is 5.04. The van der Waals surface area contributed by atoms with Gasteiger partial charge in [0.2, 0.25) is 5.95 Å². The fourth-order valence-electron chi connectivity index (χ4n) is 2.01. The lowest BCUT2D eigenvalue weighted by Gasteiger charge is -2.01. The highest BCUT2D eigenvalue weighted by Gasteiger charge is 2.06. The van der Waals surface area contributed by atoms with Crippen molar-refractivity contribution in [1.82, 2.24) is 24.5 Å². The smallest absolute Gasteiger partial charge is 0.235 e. The van der Waals surface area contributed by atoms with E-state index in [-0.39, 0.29) is 0 Å². The SMILES string of the molecule is Cc1cnc(-n2cc(C#Cc3ccnc(C)c3)nc2C)nc1. The van der Waals surface area contributed by atoms with Crippen LogP contribution in [0.5, 0.6) is 0 Å². The summed E-state index contributed by atoms with van der Waals surface area (Å²) in [6.45, 7) is 5.81. The maximum absolute atomic E-state index is 4.44. The zero-order valence-corrected chi connectivity index (χ0v) is 12.7. The Morgan fingerprint density at radius 3 is 2.50 bits per heavy atom. The van der Waals surface area contributed by atoms with E-state index in [4.69, 9.17) is 0 Å². The van der Waals surface area contributed by atoms with Gasteiger partial charge in [-0.2, -0.15) is 0 Å². The molecule has 5 nitrogen and oxygen atoms in total. The first-order chi connectivity index (χ1) is 10.6. The van der Waals surface area contributed by atoms with Gasteiger partial charge in [-0.05, 0) is 44.4 Å². The molecule has 0 saturated heterocycles. The summed E-state index contributed by atoms with van der Waals surface area (Å²) in [4.78, 5) is 17.2. The minimum absolute atomic E-state index is 0.600. The molecule has 0 aliphatic rings. The molecule has 0 fully saturated rings. The third-order valence-corrected chi connectivity index (χ3v) is 3.10. The lowest BCUT2D eigenvalue weighted by atomic mass is 10.2. The molecule has 108 valence electrons. The standard InChI is InChI=1S/C17H15N5/c1-12-9-19-17(20-10-12)22-11-16(21-14(22)3)5-4-15-6-7-18-13(2)8-15/h6-11H,1-3H3. The minimum atomic E-state index is 0.600. The molecule has 0 radical (unpaired) electrons. The number of hydrogen-bond acceptors (Lipinski definition) is 4. The van der Waals surface area contributed by atoms with Gasteiger partial charge in [0.15, 0.2) is 0 Å². The lowest BCUT2D eigenvalue weighted by molar-refractivity contribution is 0.878. The van der Waals surface area contributed by atoms with Crippen molar-refractivity contribution in [1.29, 1.82) is 0 Å². The van der Waals surface area contributed by atoms with Crippen LogP contribution in [0.15, 0.2) is 36.9 Å². The molecule has 0 unspecified atom stereocenters. The zero-order chi connectivity index (χ0) is 15.5. The molecular weight excluding hydrogens is 274 g/mol. The van der Waals surface area contributed by atoms with Crippen LogP contribution in [0.2, 0.25) is 0 Å². The number of nitrogens with zero attached hydrogens (tertiary/aromatic N) is 5. The fraction of sp³-hybridized carbons (Fsp3) is 0.176. The van der Waals surface area contributed by atoms with Crippen molar-refractivity contribution in [3.8, 4) is 17.8 Å². The van der Waals surface area contributed by atoms with Crippen LogP contribution >= 0.6 is 0 Å². The summed E-state index contributed by atoms with van der Waals surface area (Å²) in [5.74, 6) is 7.57. The van der Waals surface area contributed by atoms with Gasteiger partial charge in [-0.1, -0.05) is 5.92 Å². The van der Waals surface area contributed by atoms with Crippen molar-refractivity contribution in [3.05, 3.63) is 65.3 Å². The molecule has 0 amide bonds. The Labute approximate surface area is 129 Å². The monoisotopic (exact) mass is 289 g/mol. The Morgan fingerprint density at radius 1 is 1.00 bits per heavy atom. The average molecular weight is 289 g/mol. The minimum Gasteiger partial charge on any atom is -0.271 e. The van der Waals surface area contributed by atoms with E-state index in [1.165, 1.54) is 0 Å². The van der Waals surface area contributed by atoms with E-state index in [0.717, 1.165) is 22.6 Å². The molecule has 3 rings (SSSR count). The zero-order valence-electron chi connectivity index (χ0n) is 12.7. The van der Waals surface area contributed by atoms with E-state index in [2.05, 4.69) is 31.8 Å². The van der Waals surface area contributed by atoms with Crippen molar-refractivity contribution in [2.45, 2.75) is 20.8 Å². The second kappa shape index (κ2) is 5.78. The normalized spacial score (nSPS) is 10.1. The maximum Gasteiger partial charge on any atom is 0.235 e. The highest BCUT2D eigenvalue weighted by atomic mass is 15.2. The van der Waals surface area contributed by atoms with Crippen LogP contribution in [0.25, 0.3) is 5.95 Å². The number of pyridine rings is 1. The maximum atomic E-state index is 4.44. The summed E-state index contributed by atoms with van der Waals surface area (Å²) in [5, 5.41) is 0. The Hall–Kier alpha value is -3.00. The quantitative estimate of drug-likeness (QED) is 0.645. The molecular formula is C17H15N5. The summed E-state index contributed by atoms with van der Waals surface area (Å²) >= 11 is 0. The van der Waals surface area contributed by atoms with E-state index in [1.54, 1.807) is 18.6 Å². The predicted molar refractivity (Wildman–Crippen MR) is 83.6 cm³/mol. The first-order valence-corrected chi connectivity index (χ1v) is 6.91. The summed E-state index contributed by atoms with van der Waals surface area (Å²) in [6.07, 6.45) is 7.17.